The topological polar surface area (TPSA) is 66.6 Å². The van der Waals surface area contributed by atoms with E-state index in [1.807, 2.05) is 0 Å². The molecule has 5 nitrogen and oxygen atoms in total. The Balaban J connectivity index is 1.71. The number of piperidine rings is 1. The van der Waals surface area contributed by atoms with E-state index in [1.54, 1.807) is 12.1 Å². The molecule has 124 valence electrons. The zero-order chi connectivity index (χ0) is 16.7. The Bertz CT molecular complexity index is 818. The van der Waals surface area contributed by atoms with Crippen LogP contribution in [0.15, 0.2) is 39.9 Å². The van der Waals surface area contributed by atoms with Crippen LogP contribution in [0.4, 0.5) is 8.78 Å². The number of rotatable bonds is 2. The standard InChI is InChI=1S/C17H15F2N3O2/c18-11-6-10(7-12(19)8-11)13-2-3-14(24-13)15-17(16(23)22-21-15)4-1-5-20-9-17/h2-3,6-8,20H,1,4-5,9H2,(H,22,23)/t17-/m1/s1. The monoisotopic (exact) mass is 331 g/mol. The number of nitrogens with zero attached hydrogens (tertiary/aromatic N) is 1. The van der Waals surface area contributed by atoms with Crippen LogP contribution < -0.4 is 10.7 Å². The summed E-state index contributed by atoms with van der Waals surface area (Å²) in [7, 11) is 0. The van der Waals surface area contributed by atoms with E-state index in [1.165, 1.54) is 12.1 Å². The molecule has 2 aliphatic heterocycles. The molecule has 1 saturated heterocycles. The van der Waals surface area contributed by atoms with Crippen molar-refractivity contribution in [3.05, 3.63) is 47.7 Å². The van der Waals surface area contributed by atoms with Gasteiger partial charge in [0.25, 0.3) is 5.91 Å². The predicted molar refractivity (Wildman–Crippen MR) is 83.3 cm³/mol. The summed E-state index contributed by atoms with van der Waals surface area (Å²) < 4.78 is 32.5. The number of nitrogens with one attached hydrogen (secondary N) is 2. The van der Waals surface area contributed by atoms with Gasteiger partial charge in [-0.2, -0.15) is 5.10 Å². The lowest BCUT2D eigenvalue weighted by molar-refractivity contribution is -0.126. The highest BCUT2D eigenvalue weighted by molar-refractivity contribution is 6.19. The molecule has 1 aromatic heterocycles. The second kappa shape index (κ2) is 5.52. The van der Waals surface area contributed by atoms with Crippen LogP contribution in [0.1, 0.15) is 18.6 Å². The summed E-state index contributed by atoms with van der Waals surface area (Å²) >= 11 is 0. The average Bonchev–Trinajstić information content (AvgIpc) is 3.14. The van der Waals surface area contributed by atoms with Crippen LogP contribution in [0, 0.1) is 17.0 Å². The fraction of sp³-hybridized carbons (Fsp3) is 0.294. The third-order valence-corrected chi connectivity index (χ3v) is 4.53. The van der Waals surface area contributed by atoms with E-state index in [4.69, 9.17) is 4.42 Å². The molecule has 1 spiro atoms. The van der Waals surface area contributed by atoms with Gasteiger partial charge in [0.2, 0.25) is 0 Å². The van der Waals surface area contributed by atoms with Crippen LogP contribution in [0.25, 0.3) is 11.3 Å². The van der Waals surface area contributed by atoms with E-state index in [0.29, 0.717) is 35.8 Å². The Morgan fingerprint density at radius 2 is 1.88 bits per heavy atom. The summed E-state index contributed by atoms with van der Waals surface area (Å²) in [5, 5.41) is 7.36. The van der Waals surface area contributed by atoms with Gasteiger partial charge in [0, 0.05) is 18.2 Å². The van der Waals surface area contributed by atoms with Crippen molar-refractivity contribution in [1.29, 1.82) is 0 Å². The molecule has 1 amide bonds. The van der Waals surface area contributed by atoms with Crippen molar-refractivity contribution in [3.63, 3.8) is 0 Å². The molecule has 1 aromatic carbocycles. The van der Waals surface area contributed by atoms with Gasteiger partial charge in [0.15, 0.2) is 5.76 Å². The highest BCUT2D eigenvalue weighted by atomic mass is 19.1. The molecule has 4 rings (SSSR count). The van der Waals surface area contributed by atoms with Crippen LogP contribution in [0.5, 0.6) is 0 Å². The Morgan fingerprint density at radius 1 is 1.12 bits per heavy atom. The SMILES string of the molecule is O=C1NN=C(c2ccc(-c3cc(F)cc(F)c3)o2)[C@]12CCCNC2. The molecule has 3 heterocycles. The van der Waals surface area contributed by atoms with E-state index in [9.17, 15) is 13.6 Å². The maximum atomic E-state index is 13.4. The lowest BCUT2D eigenvalue weighted by Crippen LogP contribution is -2.50. The van der Waals surface area contributed by atoms with Gasteiger partial charge in [0.1, 0.15) is 28.5 Å². The lowest BCUT2D eigenvalue weighted by Gasteiger charge is -2.31. The summed E-state index contributed by atoms with van der Waals surface area (Å²) in [4.78, 5) is 12.3. The normalized spacial score (nSPS) is 23.4. The van der Waals surface area contributed by atoms with Crippen molar-refractivity contribution in [3.8, 4) is 11.3 Å². The lowest BCUT2D eigenvalue weighted by atomic mass is 9.75. The van der Waals surface area contributed by atoms with Crippen molar-refractivity contribution in [2.45, 2.75) is 12.8 Å². The number of hydrazone groups is 1. The van der Waals surface area contributed by atoms with Gasteiger partial charge in [0.05, 0.1) is 0 Å². The van der Waals surface area contributed by atoms with Gasteiger partial charge >= 0.3 is 0 Å². The molecule has 24 heavy (non-hydrogen) atoms. The molecule has 0 radical (unpaired) electrons. The van der Waals surface area contributed by atoms with E-state index in [2.05, 4.69) is 15.8 Å². The summed E-state index contributed by atoms with van der Waals surface area (Å²) in [6, 6.07) is 6.50. The summed E-state index contributed by atoms with van der Waals surface area (Å²) in [5.74, 6) is -0.752. The van der Waals surface area contributed by atoms with Gasteiger partial charge in [-0.3, -0.25) is 4.79 Å². The first-order valence-corrected chi connectivity index (χ1v) is 7.74. The third kappa shape index (κ3) is 2.32. The maximum Gasteiger partial charge on any atom is 0.253 e. The van der Waals surface area contributed by atoms with Gasteiger partial charge in [-0.15, -0.1) is 0 Å². The van der Waals surface area contributed by atoms with Crippen molar-refractivity contribution in [2.24, 2.45) is 10.5 Å². The average molecular weight is 331 g/mol. The van der Waals surface area contributed by atoms with Crippen LogP contribution in [0.3, 0.4) is 0 Å². The summed E-state index contributed by atoms with van der Waals surface area (Å²) in [6.07, 6.45) is 1.53. The van der Waals surface area contributed by atoms with E-state index >= 15 is 0 Å². The van der Waals surface area contributed by atoms with Crippen LogP contribution in [-0.2, 0) is 4.79 Å². The van der Waals surface area contributed by atoms with Gasteiger partial charge in [-0.1, -0.05) is 0 Å². The number of carbonyl (C=O) groups excluding carboxylic acids is 1. The number of hydrogen-bond donors (Lipinski definition) is 2. The first-order valence-electron chi connectivity index (χ1n) is 7.74. The van der Waals surface area contributed by atoms with E-state index < -0.39 is 17.0 Å². The number of amides is 1. The quantitative estimate of drug-likeness (QED) is 0.888. The van der Waals surface area contributed by atoms with Gasteiger partial charge in [-0.25, -0.2) is 14.2 Å². The van der Waals surface area contributed by atoms with E-state index in [-0.39, 0.29) is 5.91 Å². The molecular formula is C17H15F2N3O2. The molecule has 0 saturated carbocycles. The molecule has 7 heteroatoms. The molecule has 1 atom stereocenters. The molecule has 0 aliphatic carbocycles. The largest absolute Gasteiger partial charge is 0.455 e. The number of halogens is 2. The van der Waals surface area contributed by atoms with Crippen molar-refractivity contribution in [2.75, 3.05) is 13.1 Å². The third-order valence-electron chi connectivity index (χ3n) is 4.53. The van der Waals surface area contributed by atoms with Crippen LogP contribution in [-0.4, -0.2) is 24.7 Å². The van der Waals surface area contributed by atoms with Crippen molar-refractivity contribution >= 4 is 11.6 Å². The fourth-order valence-corrected chi connectivity index (χ4v) is 3.34. The Hall–Kier alpha value is -2.54. The molecule has 0 bridgehead atoms. The molecular weight excluding hydrogens is 316 g/mol. The van der Waals surface area contributed by atoms with E-state index in [0.717, 1.165) is 19.0 Å². The Kier molecular flexibility index (Phi) is 3.45. The second-order valence-corrected chi connectivity index (χ2v) is 6.09. The fourth-order valence-electron chi connectivity index (χ4n) is 3.34. The highest BCUT2D eigenvalue weighted by Gasteiger charge is 2.49. The minimum atomic E-state index is -0.749. The minimum absolute atomic E-state index is 0.153. The molecule has 2 aromatic rings. The number of benzene rings is 1. The molecule has 2 aliphatic rings. The zero-order valence-corrected chi connectivity index (χ0v) is 12.7. The molecule has 2 N–H and O–H groups in total. The van der Waals surface area contributed by atoms with Crippen LogP contribution >= 0.6 is 0 Å². The number of carbonyl (C=O) groups is 1. The van der Waals surface area contributed by atoms with Crippen LogP contribution in [0.2, 0.25) is 0 Å². The smallest absolute Gasteiger partial charge is 0.253 e. The molecule has 0 unspecified atom stereocenters. The highest BCUT2D eigenvalue weighted by Crippen LogP contribution is 2.36. The first kappa shape index (κ1) is 15.0. The van der Waals surface area contributed by atoms with Gasteiger partial charge in [-0.05, 0) is 43.7 Å². The first-order chi connectivity index (χ1) is 11.6. The van der Waals surface area contributed by atoms with Crippen molar-refractivity contribution in [1.82, 2.24) is 10.7 Å². The van der Waals surface area contributed by atoms with Crippen molar-refractivity contribution < 1.29 is 18.0 Å². The van der Waals surface area contributed by atoms with Gasteiger partial charge < -0.3 is 9.73 Å². The maximum absolute atomic E-state index is 13.4. The minimum Gasteiger partial charge on any atom is -0.455 e. The Labute approximate surface area is 136 Å². The zero-order valence-electron chi connectivity index (χ0n) is 12.7. The number of hydrogen-bond acceptors (Lipinski definition) is 4. The second-order valence-electron chi connectivity index (χ2n) is 6.09. The molecule has 1 fully saturated rings. The Morgan fingerprint density at radius 3 is 2.58 bits per heavy atom. The summed E-state index contributed by atoms with van der Waals surface area (Å²) in [5.41, 5.74) is 2.60. The number of furan rings is 1. The summed E-state index contributed by atoms with van der Waals surface area (Å²) in [6.45, 7) is 1.34. The predicted octanol–water partition coefficient (Wildman–Crippen LogP) is 2.43.